The zero-order valence-electron chi connectivity index (χ0n) is 13.5. The Bertz CT molecular complexity index is 517. The molecule has 2 rings (SSSR count). The number of hydrogen-bond donors (Lipinski definition) is 1. The standard InChI is InChI=1S/C18H26O3/c1-5-20-16-8-7-13(10-17(16)21-6-2)14-9-15(19)12-18(3,4)11-14/h7-10,15,19H,5-6,11-12H2,1-4H3. The van der Waals surface area contributed by atoms with E-state index in [9.17, 15) is 5.11 Å². The molecule has 1 N–H and O–H groups in total. The normalized spacial score (nSPS) is 20.8. The van der Waals surface area contributed by atoms with Gasteiger partial charge in [0.25, 0.3) is 0 Å². The van der Waals surface area contributed by atoms with E-state index in [1.807, 2.05) is 38.1 Å². The topological polar surface area (TPSA) is 38.7 Å². The van der Waals surface area contributed by atoms with Crippen LogP contribution in [0.3, 0.4) is 0 Å². The fourth-order valence-electron chi connectivity index (χ4n) is 2.95. The molecule has 0 aliphatic heterocycles. The second-order valence-corrected chi connectivity index (χ2v) is 6.33. The Morgan fingerprint density at radius 3 is 2.43 bits per heavy atom. The van der Waals surface area contributed by atoms with Gasteiger partial charge < -0.3 is 14.6 Å². The molecule has 0 saturated heterocycles. The maximum Gasteiger partial charge on any atom is 0.161 e. The summed E-state index contributed by atoms with van der Waals surface area (Å²) in [4.78, 5) is 0. The largest absolute Gasteiger partial charge is 0.490 e. The third-order valence-electron chi connectivity index (χ3n) is 3.74. The zero-order valence-corrected chi connectivity index (χ0v) is 13.5. The Labute approximate surface area is 127 Å². The average molecular weight is 290 g/mol. The minimum atomic E-state index is -0.370. The molecule has 1 aliphatic carbocycles. The summed E-state index contributed by atoms with van der Waals surface area (Å²) < 4.78 is 11.3. The number of aliphatic hydroxyl groups is 1. The van der Waals surface area contributed by atoms with E-state index < -0.39 is 0 Å². The SMILES string of the molecule is CCOc1ccc(C2=CC(O)CC(C)(C)C2)cc1OCC. The van der Waals surface area contributed by atoms with Crippen LogP contribution in [0.5, 0.6) is 11.5 Å². The number of allylic oxidation sites excluding steroid dienone is 1. The maximum absolute atomic E-state index is 10.1. The van der Waals surface area contributed by atoms with Gasteiger partial charge in [0.05, 0.1) is 19.3 Å². The Morgan fingerprint density at radius 1 is 1.14 bits per heavy atom. The lowest BCUT2D eigenvalue weighted by atomic mass is 9.74. The zero-order chi connectivity index (χ0) is 15.5. The first-order chi connectivity index (χ1) is 9.95. The van der Waals surface area contributed by atoms with Crippen molar-refractivity contribution in [2.24, 2.45) is 5.41 Å². The summed E-state index contributed by atoms with van der Waals surface area (Å²) in [5.74, 6) is 1.55. The molecule has 21 heavy (non-hydrogen) atoms. The minimum Gasteiger partial charge on any atom is -0.490 e. The Morgan fingerprint density at radius 2 is 1.81 bits per heavy atom. The van der Waals surface area contributed by atoms with E-state index in [4.69, 9.17) is 9.47 Å². The maximum atomic E-state index is 10.1. The summed E-state index contributed by atoms with van der Waals surface area (Å²) in [6.07, 6.45) is 3.37. The van der Waals surface area contributed by atoms with Crippen molar-refractivity contribution < 1.29 is 14.6 Å². The summed E-state index contributed by atoms with van der Waals surface area (Å²) in [6, 6.07) is 6.03. The molecule has 116 valence electrons. The molecule has 0 heterocycles. The van der Waals surface area contributed by atoms with Crippen LogP contribution in [0.25, 0.3) is 5.57 Å². The highest BCUT2D eigenvalue weighted by atomic mass is 16.5. The summed E-state index contributed by atoms with van der Waals surface area (Å²) in [5.41, 5.74) is 2.41. The van der Waals surface area contributed by atoms with Crippen LogP contribution in [0.15, 0.2) is 24.3 Å². The van der Waals surface area contributed by atoms with Gasteiger partial charge in [0.15, 0.2) is 11.5 Å². The van der Waals surface area contributed by atoms with Crippen molar-refractivity contribution in [2.45, 2.75) is 46.6 Å². The molecule has 1 atom stereocenters. The second-order valence-electron chi connectivity index (χ2n) is 6.33. The lowest BCUT2D eigenvalue weighted by Crippen LogP contribution is -2.24. The van der Waals surface area contributed by atoms with Crippen molar-refractivity contribution in [3.8, 4) is 11.5 Å². The lowest BCUT2D eigenvalue weighted by molar-refractivity contribution is 0.146. The number of benzene rings is 1. The van der Waals surface area contributed by atoms with Crippen molar-refractivity contribution in [2.75, 3.05) is 13.2 Å². The summed E-state index contributed by atoms with van der Waals surface area (Å²) in [5, 5.41) is 10.1. The van der Waals surface area contributed by atoms with Crippen molar-refractivity contribution in [1.82, 2.24) is 0 Å². The number of ether oxygens (including phenoxy) is 2. The fourth-order valence-corrected chi connectivity index (χ4v) is 2.95. The molecule has 0 bridgehead atoms. The van der Waals surface area contributed by atoms with Gasteiger partial charge in [-0.3, -0.25) is 0 Å². The number of aliphatic hydroxyl groups excluding tert-OH is 1. The fraction of sp³-hybridized carbons (Fsp3) is 0.556. The van der Waals surface area contributed by atoms with Gasteiger partial charge in [-0.2, -0.15) is 0 Å². The van der Waals surface area contributed by atoms with Crippen molar-refractivity contribution in [3.63, 3.8) is 0 Å². The molecule has 1 aliphatic rings. The predicted octanol–water partition coefficient (Wildman–Crippen LogP) is 4.05. The van der Waals surface area contributed by atoms with Crippen LogP contribution in [-0.4, -0.2) is 24.4 Å². The van der Waals surface area contributed by atoms with Gasteiger partial charge in [-0.25, -0.2) is 0 Å². The first kappa shape index (κ1) is 15.9. The molecule has 0 saturated carbocycles. The summed E-state index contributed by atoms with van der Waals surface area (Å²) in [7, 11) is 0. The van der Waals surface area contributed by atoms with E-state index in [-0.39, 0.29) is 11.5 Å². The molecule has 1 unspecified atom stereocenters. The molecule has 0 radical (unpaired) electrons. The van der Waals surface area contributed by atoms with Crippen LogP contribution in [0, 0.1) is 5.41 Å². The quantitative estimate of drug-likeness (QED) is 0.889. The molecular formula is C18H26O3. The van der Waals surface area contributed by atoms with Crippen LogP contribution in [0.2, 0.25) is 0 Å². The smallest absolute Gasteiger partial charge is 0.161 e. The highest BCUT2D eigenvalue weighted by Crippen LogP contribution is 2.41. The van der Waals surface area contributed by atoms with Crippen LogP contribution in [0.1, 0.15) is 46.1 Å². The monoisotopic (exact) mass is 290 g/mol. The highest BCUT2D eigenvalue weighted by Gasteiger charge is 2.28. The summed E-state index contributed by atoms with van der Waals surface area (Å²) >= 11 is 0. The van der Waals surface area contributed by atoms with E-state index in [0.717, 1.165) is 29.9 Å². The van der Waals surface area contributed by atoms with E-state index in [0.29, 0.717) is 13.2 Å². The van der Waals surface area contributed by atoms with Crippen molar-refractivity contribution >= 4 is 5.57 Å². The average Bonchev–Trinajstić information content (AvgIpc) is 2.39. The van der Waals surface area contributed by atoms with Crippen molar-refractivity contribution in [3.05, 3.63) is 29.8 Å². The Hall–Kier alpha value is -1.48. The van der Waals surface area contributed by atoms with Gasteiger partial charge >= 0.3 is 0 Å². The first-order valence-electron chi connectivity index (χ1n) is 7.74. The molecule has 1 aromatic carbocycles. The second kappa shape index (κ2) is 6.52. The molecule has 0 amide bonds. The summed E-state index contributed by atoms with van der Waals surface area (Å²) in [6.45, 7) is 9.55. The third kappa shape index (κ3) is 4.01. The molecule has 0 spiro atoms. The Kier molecular flexibility index (Phi) is 4.94. The highest BCUT2D eigenvalue weighted by molar-refractivity contribution is 5.69. The molecule has 0 fully saturated rings. The molecule has 0 aromatic heterocycles. The van der Waals surface area contributed by atoms with Crippen LogP contribution >= 0.6 is 0 Å². The molecular weight excluding hydrogens is 264 g/mol. The number of rotatable bonds is 5. The minimum absolute atomic E-state index is 0.119. The van der Waals surface area contributed by atoms with E-state index in [1.165, 1.54) is 5.57 Å². The van der Waals surface area contributed by atoms with Crippen LogP contribution in [-0.2, 0) is 0 Å². The van der Waals surface area contributed by atoms with Gasteiger partial charge in [0.1, 0.15) is 0 Å². The van der Waals surface area contributed by atoms with Gasteiger partial charge in [-0.05, 0) is 55.4 Å². The van der Waals surface area contributed by atoms with Gasteiger partial charge in [-0.15, -0.1) is 0 Å². The third-order valence-corrected chi connectivity index (χ3v) is 3.74. The van der Waals surface area contributed by atoms with Crippen LogP contribution in [0.4, 0.5) is 0 Å². The molecule has 3 nitrogen and oxygen atoms in total. The van der Waals surface area contributed by atoms with Gasteiger partial charge in [0.2, 0.25) is 0 Å². The van der Waals surface area contributed by atoms with E-state index >= 15 is 0 Å². The van der Waals surface area contributed by atoms with Gasteiger partial charge in [-0.1, -0.05) is 26.0 Å². The Balaban J connectivity index is 2.33. The van der Waals surface area contributed by atoms with E-state index in [2.05, 4.69) is 13.8 Å². The van der Waals surface area contributed by atoms with Crippen molar-refractivity contribution in [1.29, 1.82) is 0 Å². The van der Waals surface area contributed by atoms with E-state index in [1.54, 1.807) is 0 Å². The van der Waals surface area contributed by atoms with Gasteiger partial charge in [0, 0.05) is 0 Å². The predicted molar refractivity (Wildman–Crippen MR) is 85.8 cm³/mol. The van der Waals surface area contributed by atoms with Crippen LogP contribution < -0.4 is 9.47 Å². The molecule has 3 heteroatoms. The lowest BCUT2D eigenvalue weighted by Gasteiger charge is -2.32. The molecule has 1 aromatic rings. The number of hydrogen-bond acceptors (Lipinski definition) is 3. The first-order valence-corrected chi connectivity index (χ1v) is 7.74.